The lowest BCUT2D eigenvalue weighted by Crippen LogP contribution is -2.31. The lowest BCUT2D eigenvalue weighted by Gasteiger charge is -2.30. The minimum atomic E-state index is -0.433. The van der Waals surface area contributed by atoms with Gasteiger partial charge in [-0.2, -0.15) is 0 Å². The summed E-state index contributed by atoms with van der Waals surface area (Å²) in [6.07, 6.45) is 4.12. The van der Waals surface area contributed by atoms with E-state index in [1.807, 2.05) is 18.2 Å². The number of hydrogen-bond donors (Lipinski definition) is 0. The molecule has 0 amide bonds. The normalized spacial score (nSPS) is 14.4. The van der Waals surface area contributed by atoms with Gasteiger partial charge in [0, 0.05) is 36.0 Å². The van der Waals surface area contributed by atoms with E-state index in [0.717, 1.165) is 37.1 Å². The van der Waals surface area contributed by atoms with Crippen LogP contribution in [0.5, 0.6) is 0 Å². The van der Waals surface area contributed by atoms with Crippen molar-refractivity contribution in [1.29, 1.82) is 0 Å². The van der Waals surface area contributed by atoms with E-state index in [0.29, 0.717) is 5.39 Å². The molecule has 0 aliphatic carbocycles. The summed E-state index contributed by atoms with van der Waals surface area (Å²) in [7, 11) is 0. The van der Waals surface area contributed by atoms with E-state index < -0.39 is 4.92 Å². The lowest BCUT2D eigenvalue weighted by molar-refractivity contribution is -0.384. The van der Waals surface area contributed by atoms with E-state index in [-0.39, 0.29) is 10.8 Å². The van der Waals surface area contributed by atoms with E-state index in [1.54, 1.807) is 6.07 Å². The second-order valence-electron chi connectivity index (χ2n) is 6.50. The molecule has 0 spiro atoms. The van der Waals surface area contributed by atoms with E-state index in [4.69, 9.17) is 11.6 Å². The van der Waals surface area contributed by atoms with Crippen LogP contribution in [0.4, 0.5) is 11.5 Å². The van der Waals surface area contributed by atoms with Gasteiger partial charge in [-0.25, -0.2) is 0 Å². The quantitative estimate of drug-likeness (QED) is 0.478. The van der Waals surface area contributed by atoms with Crippen molar-refractivity contribution in [2.45, 2.75) is 12.8 Å². The molecule has 0 atom stereocenters. The van der Waals surface area contributed by atoms with Gasteiger partial charge in [0.2, 0.25) is 0 Å². The van der Waals surface area contributed by atoms with Crippen LogP contribution in [0.3, 0.4) is 0 Å². The number of hydrogen-bond acceptors (Lipinski definition) is 5. The Morgan fingerprint density at radius 2 is 1.78 bits per heavy atom. The first-order chi connectivity index (χ1) is 13.1. The fourth-order valence-electron chi connectivity index (χ4n) is 3.38. The smallest absolute Gasteiger partial charge is 0.270 e. The number of piperidine rings is 1. The van der Waals surface area contributed by atoms with E-state index in [1.165, 1.54) is 23.3 Å². The number of nitro groups is 1. The zero-order valence-corrected chi connectivity index (χ0v) is 15.3. The fraction of sp³-hybridized carbons (Fsp3) is 0.200. The SMILES string of the molecule is O=[N+]([O-])c1ccc2c(N3CCC(=Cc4ccccc4)CC3)nnc(Cl)c2c1. The summed E-state index contributed by atoms with van der Waals surface area (Å²) < 4.78 is 0. The van der Waals surface area contributed by atoms with Crippen molar-refractivity contribution in [3.05, 3.63) is 74.9 Å². The van der Waals surface area contributed by atoms with Gasteiger partial charge in [0.25, 0.3) is 5.69 Å². The number of rotatable bonds is 3. The monoisotopic (exact) mass is 380 g/mol. The molecule has 6 nitrogen and oxygen atoms in total. The minimum absolute atomic E-state index is 0.00456. The summed E-state index contributed by atoms with van der Waals surface area (Å²) in [5, 5.41) is 20.8. The van der Waals surface area contributed by atoms with Crippen molar-refractivity contribution in [2.24, 2.45) is 0 Å². The van der Waals surface area contributed by atoms with Crippen molar-refractivity contribution in [2.75, 3.05) is 18.0 Å². The molecule has 2 heterocycles. The molecule has 3 aromatic rings. The highest BCUT2D eigenvalue weighted by Crippen LogP contribution is 2.33. The molecule has 0 unspecified atom stereocenters. The van der Waals surface area contributed by atoms with E-state index in [2.05, 4.69) is 33.3 Å². The molecule has 0 saturated carbocycles. The van der Waals surface area contributed by atoms with Crippen LogP contribution in [-0.2, 0) is 0 Å². The van der Waals surface area contributed by atoms with Crippen LogP contribution in [0, 0.1) is 10.1 Å². The van der Waals surface area contributed by atoms with Gasteiger partial charge >= 0.3 is 0 Å². The number of fused-ring (bicyclic) bond motifs is 1. The molecule has 0 bridgehead atoms. The van der Waals surface area contributed by atoms with Crippen LogP contribution in [0.15, 0.2) is 54.1 Å². The number of aromatic nitrogens is 2. The van der Waals surface area contributed by atoms with Gasteiger partial charge in [-0.1, -0.05) is 53.6 Å². The van der Waals surface area contributed by atoms with Gasteiger partial charge in [-0.15, -0.1) is 10.2 Å². The second-order valence-corrected chi connectivity index (χ2v) is 6.86. The molecule has 1 saturated heterocycles. The number of anilines is 1. The van der Waals surface area contributed by atoms with Crippen LogP contribution in [0.2, 0.25) is 5.15 Å². The van der Waals surface area contributed by atoms with Crippen LogP contribution in [-0.4, -0.2) is 28.2 Å². The van der Waals surface area contributed by atoms with Gasteiger partial charge in [0.1, 0.15) is 0 Å². The molecule has 1 aromatic heterocycles. The van der Waals surface area contributed by atoms with Crippen molar-refractivity contribution in [3.8, 4) is 0 Å². The van der Waals surface area contributed by atoms with Gasteiger partial charge in [0.05, 0.1) is 4.92 Å². The highest BCUT2D eigenvalue weighted by molar-refractivity contribution is 6.34. The van der Waals surface area contributed by atoms with Crippen molar-refractivity contribution >= 4 is 40.0 Å². The third-order valence-corrected chi connectivity index (χ3v) is 5.06. The highest BCUT2D eigenvalue weighted by Gasteiger charge is 2.20. The number of benzene rings is 2. The molecule has 0 radical (unpaired) electrons. The van der Waals surface area contributed by atoms with Gasteiger partial charge in [0.15, 0.2) is 11.0 Å². The molecule has 136 valence electrons. The first-order valence-electron chi connectivity index (χ1n) is 8.71. The Morgan fingerprint density at radius 3 is 2.48 bits per heavy atom. The Balaban J connectivity index is 1.60. The summed E-state index contributed by atoms with van der Waals surface area (Å²) in [5.41, 5.74) is 2.61. The zero-order valence-electron chi connectivity index (χ0n) is 14.5. The van der Waals surface area contributed by atoms with Crippen molar-refractivity contribution < 1.29 is 4.92 Å². The molecule has 1 fully saturated rings. The highest BCUT2D eigenvalue weighted by atomic mass is 35.5. The molecular formula is C20H17ClN4O2. The Bertz CT molecular complexity index is 1030. The summed E-state index contributed by atoms with van der Waals surface area (Å²) in [4.78, 5) is 12.8. The Morgan fingerprint density at radius 1 is 1.04 bits per heavy atom. The second kappa shape index (κ2) is 7.32. The Hall–Kier alpha value is -2.99. The van der Waals surface area contributed by atoms with Crippen LogP contribution >= 0.6 is 11.6 Å². The van der Waals surface area contributed by atoms with Crippen molar-refractivity contribution in [3.63, 3.8) is 0 Å². The Kier molecular flexibility index (Phi) is 4.73. The van der Waals surface area contributed by atoms with Crippen molar-refractivity contribution in [1.82, 2.24) is 10.2 Å². The number of nitrogens with zero attached hydrogens (tertiary/aromatic N) is 4. The summed E-state index contributed by atoms with van der Waals surface area (Å²) in [5.74, 6) is 0.725. The molecule has 0 N–H and O–H groups in total. The fourth-order valence-corrected chi connectivity index (χ4v) is 3.57. The standard InChI is InChI=1S/C20H17ClN4O2/c21-19-18-13-16(25(26)27)6-7-17(18)20(23-22-19)24-10-8-15(9-11-24)12-14-4-2-1-3-5-14/h1-7,12-13H,8-11H2. The molecule has 1 aliphatic heterocycles. The van der Waals surface area contributed by atoms with Gasteiger partial charge < -0.3 is 4.90 Å². The minimum Gasteiger partial charge on any atom is -0.354 e. The summed E-state index contributed by atoms with van der Waals surface area (Å²) in [6.45, 7) is 1.64. The van der Waals surface area contributed by atoms with Gasteiger partial charge in [-0.3, -0.25) is 10.1 Å². The van der Waals surface area contributed by atoms with E-state index >= 15 is 0 Å². The maximum atomic E-state index is 11.0. The van der Waals surface area contributed by atoms with Crippen LogP contribution in [0.1, 0.15) is 18.4 Å². The third kappa shape index (κ3) is 3.61. The topological polar surface area (TPSA) is 72.2 Å². The maximum absolute atomic E-state index is 11.0. The molecule has 27 heavy (non-hydrogen) atoms. The predicted molar refractivity (Wildman–Crippen MR) is 107 cm³/mol. The number of halogens is 1. The average molecular weight is 381 g/mol. The Labute approximate surface area is 161 Å². The predicted octanol–water partition coefficient (Wildman–Crippen LogP) is 4.88. The van der Waals surface area contributed by atoms with E-state index in [9.17, 15) is 10.1 Å². The number of nitro benzene ring substituents is 1. The largest absolute Gasteiger partial charge is 0.354 e. The zero-order chi connectivity index (χ0) is 18.8. The number of non-ortho nitro benzene ring substituents is 1. The molecule has 1 aliphatic rings. The third-order valence-electron chi connectivity index (χ3n) is 4.79. The molecule has 4 rings (SSSR count). The lowest BCUT2D eigenvalue weighted by atomic mass is 10.0. The summed E-state index contributed by atoms with van der Waals surface area (Å²) in [6, 6.07) is 14.9. The average Bonchev–Trinajstić information content (AvgIpc) is 2.70. The molecule has 7 heteroatoms. The molecule has 2 aromatic carbocycles. The van der Waals surface area contributed by atoms with Crippen LogP contribution in [0.25, 0.3) is 16.8 Å². The first-order valence-corrected chi connectivity index (χ1v) is 9.09. The summed E-state index contributed by atoms with van der Waals surface area (Å²) >= 11 is 6.13. The maximum Gasteiger partial charge on any atom is 0.270 e. The molecular weight excluding hydrogens is 364 g/mol. The first kappa shape index (κ1) is 17.4. The van der Waals surface area contributed by atoms with Gasteiger partial charge in [-0.05, 0) is 24.5 Å². The van der Waals surface area contributed by atoms with Crippen LogP contribution < -0.4 is 4.90 Å².